The van der Waals surface area contributed by atoms with Crippen LogP contribution in [0.1, 0.15) is 18.2 Å². The van der Waals surface area contributed by atoms with Crippen LogP contribution in [0.25, 0.3) is 11.4 Å². The number of aromatic nitrogens is 2. The minimum Gasteiger partial charge on any atom is -0.493 e. The number of ether oxygens (including phenoxy) is 4. The van der Waals surface area contributed by atoms with Gasteiger partial charge in [0.15, 0.2) is 23.0 Å². The first-order chi connectivity index (χ1) is 15.1. The van der Waals surface area contributed by atoms with E-state index in [0.717, 1.165) is 11.3 Å². The molecule has 1 aromatic heterocycles. The zero-order valence-electron chi connectivity index (χ0n) is 17.7. The molecule has 0 bridgehead atoms. The molecule has 2 heterocycles. The molecule has 31 heavy (non-hydrogen) atoms. The molecule has 9 heteroatoms. The molecular formula is C22H23N3O6. The normalized spacial score (nSPS) is 15.8. The van der Waals surface area contributed by atoms with E-state index in [9.17, 15) is 4.79 Å². The molecule has 9 nitrogen and oxygen atoms in total. The second-order valence-corrected chi connectivity index (χ2v) is 6.97. The quantitative estimate of drug-likeness (QED) is 0.569. The van der Waals surface area contributed by atoms with Crippen molar-refractivity contribution in [3.63, 3.8) is 0 Å². The average molecular weight is 425 g/mol. The average Bonchev–Trinajstić information content (AvgIpc) is 3.45. The summed E-state index contributed by atoms with van der Waals surface area (Å²) >= 11 is 0. The molecule has 1 aliphatic heterocycles. The number of hydrogen-bond acceptors (Lipinski definition) is 8. The van der Waals surface area contributed by atoms with Gasteiger partial charge in [-0.3, -0.25) is 4.79 Å². The molecule has 0 N–H and O–H groups in total. The highest BCUT2D eigenvalue weighted by Crippen LogP contribution is 2.37. The maximum Gasteiger partial charge on any atom is 0.232 e. The van der Waals surface area contributed by atoms with Crippen molar-refractivity contribution in [3.8, 4) is 34.4 Å². The monoisotopic (exact) mass is 425 g/mol. The van der Waals surface area contributed by atoms with Crippen molar-refractivity contribution in [2.75, 3.05) is 39.9 Å². The first-order valence-corrected chi connectivity index (χ1v) is 9.66. The lowest BCUT2D eigenvalue weighted by molar-refractivity contribution is -0.117. The third-order valence-corrected chi connectivity index (χ3v) is 5.24. The first-order valence-electron chi connectivity index (χ1n) is 9.66. The van der Waals surface area contributed by atoms with Crippen LogP contribution >= 0.6 is 0 Å². The van der Waals surface area contributed by atoms with E-state index in [1.165, 1.54) is 0 Å². The van der Waals surface area contributed by atoms with E-state index in [-0.39, 0.29) is 18.2 Å². The lowest BCUT2D eigenvalue weighted by atomic mass is 10.1. The van der Waals surface area contributed by atoms with Crippen LogP contribution < -0.4 is 23.8 Å². The van der Waals surface area contributed by atoms with Gasteiger partial charge in [0.1, 0.15) is 0 Å². The fraction of sp³-hybridized carbons (Fsp3) is 0.318. The molecule has 3 aromatic rings. The van der Waals surface area contributed by atoms with Gasteiger partial charge >= 0.3 is 0 Å². The topological polar surface area (TPSA) is 96.2 Å². The Balaban J connectivity index is 1.55. The summed E-state index contributed by atoms with van der Waals surface area (Å²) in [5, 5.41) is 4.09. The van der Waals surface area contributed by atoms with Gasteiger partial charge < -0.3 is 28.4 Å². The summed E-state index contributed by atoms with van der Waals surface area (Å²) in [6, 6.07) is 10.8. The molecule has 162 valence electrons. The van der Waals surface area contributed by atoms with Crippen LogP contribution in [0.2, 0.25) is 0 Å². The van der Waals surface area contributed by atoms with E-state index in [4.69, 9.17) is 23.5 Å². The smallest absolute Gasteiger partial charge is 0.232 e. The maximum absolute atomic E-state index is 12.7. The molecule has 0 aliphatic carbocycles. The van der Waals surface area contributed by atoms with Crippen LogP contribution in [0.15, 0.2) is 40.9 Å². The molecule has 0 radical (unpaired) electrons. The highest BCUT2D eigenvalue weighted by atomic mass is 16.5. The number of hydrogen-bond donors (Lipinski definition) is 0. The summed E-state index contributed by atoms with van der Waals surface area (Å²) in [4.78, 5) is 18.9. The van der Waals surface area contributed by atoms with Gasteiger partial charge in [0.05, 0.1) is 34.4 Å². The molecule has 1 unspecified atom stereocenters. The molecule has 0 spiro atoms. The molecule has 2 aromatic carbocycles. The highest BCUT2D eigenvalue weighted by molar-refractivity contribution is 5.96. The molecular weight excluding hydrogens is 402 g/mol. The van der Waals surface area contributed by atoms with Crippen LogP contribution in [-0.4, -0.2) is 51.0 Å². The molecule has 0 saturated carbocycles. The number of nitrogens with zero attached hydrogens (tertiary/aromatic N) is 3. The van der Waals surface area contributed by atoms with Gasteiger partial charge in [-0.2, -0.15) is 4.98 Å². The number of rotatable bonds is 7. The van der Waals surface area contributed by atoms with Crippen molar-refractivity contribution >= 4 is 11.6 Å². The van der Waals surface area contributed by atoms with E-state index in [2.05, 4.69) is 10.1 Å². The molecule has 1 amide bonds. The second kappa shape index (κ2) is 8.55. The molecule has 1 saturated heterocycles. The minimum absolute atomic E-state index is 0.0249. The van der Waals surface area contributed by atoms with Gasteiger partial charge in [-0.25, -0.2) is 0 Å². The summed E-state index contributed by atoms with van der Waals surface area (Å²) in [5.74, 6) is 2.96. The number of carbonyl (C=O) groups excluding carboxylic acids is 1. The van der Waals surface area contributed by atoms with E-state index in [0.29, 0.717) is 41.3 Å². The fourth-order valence-corrected chi connectivity index (χ4v) is 3.61. The Hall–Kier alpha value is -3.75. The number of anilines is 1. The van der Waals surface area contributed by atoms with Gasteiger partial charge in [-0.15, -0.1) is 0 Å². The van der Waals surface area contributed by atoms with Gasteiger partial charge in [0, 0.05) is 30.3 Å². The number of methoxy groups -OCH3 is 4. The second-order valence-electron chi connectivity index (χ2n) is 6.97. The minimum atomic E-state index is -0.206. The summed E-state index contributed by atoms with van der Waals surface area (Å²) in [6.45, 7) is 0.432. The first kappa shape index (κ1) is 20.5. The lowest BCUT2D eigenvalue weighted by Crippen LogP contribution is -2.24. The maximum atomic E-state index is 12.7. The van der Waals surface area contributed by atoms with Crippen LogP contribution in [0.3, 0.4) is 0 Å². The summed E-state index contributed by atoms with van der Waals surface area (Å²) in [7, 11) is 6.27. The Kier molecular flexibility index (Phi) is 5.66. The SMILES string of the molecule is COc1ccc(-c2noc(C3CC(=O)N(c4ccc(OC)c(OC)c4)C3)n2)cc1OC. The van der Waals surface area contributed by atoms with Crippen molar-refractivity contribution in [2.45, 2.75) is 12.3 Å². The van der Waals surface area contributed by atoms with Gasteiger partial charge in [-0.1, -0.05) is 5.16 Å². The highest BCUT2D eigenvalue weighted by Gasteiger charge is 2.35. The largest absolute Gasteiger partial charge is 0.493 e. The molecule has 4 rings (SSSR count). The van der Waals surface area contributed by atoms with Crippen LogP contribution in [0.4, 0.5) is 5.69 Å². The van der Waals surface area contributed by atoms with E-state index in [1.54, 1.807) is 57.6 Å². The third kappa shape index (κ3) is 3.86. The van der Waals surface area contributed by atoms with Gasteiger partial charge in [-0.05, 0) is 30.3 Å². The van der Waals surface area contributed by atoms with E-state index < -0.39 is 0 Å². The molecule has 1 aliphatic rings. The molecule has 1 fully saturated rings. The van der Waals surface area contributed by atoms with Gasteiger partial charge in [0.25, 0.3) is 0 Å². The third-order valence-electron chi connectivity index (χ3n) is 5.24. The lowest BCUT2D eigenvalue weighted by Gasteiger charge is -2.18. The number of benzene rings is 2. The van der Waals surface area contributed by atoms with Crippen LogP contribution in [-0.2, 0) is 4.79 Å². The van der Waals surface area contributed by atoms with E-state index >= 15 is 0 Å². The van der Waals surface area contributed by atoms with E-state index in [1.807, 2.05) is 12.1 Å². The number of amides is 1. The summed E-state index contributed by atoms with van der Waals surface area (Å²) in [6.07, 6.45) is 0.280. The zero-order chi connectivity index (χ0) is 22.0. The Morgan fingerprint density at radius 2 is 1.55 bits per heavy atom. The standard InChI is InChI=1S/C22H23N3O6/c1-27-16-7-5-13(9-18(16)29-3)21-23-22(31-24-21)14-10-20(26)25(12-14)15-6-8-17(28-2)19(11-15)30-4/h5-9,11,14H,10,12H2,1-4H3. The molecule has 1 atom stereocenters. The van der Waals surface area contributed by atoms with Crippen LogP contribution in [0.5, 0.6) is 23.0 Å². The summed E-state index contributed by atoms with van der Waals surface area (Å²) in [5.41, 5.74) is 1.46. The number of carbonyl (C=O) groups is 1. The van der Waals surface area contributed by atoms with Crippen molar-refractivity contribution in [1.82, 2.24) is 10.1 Å². The Bertz CT molecular complexity index is 1100. The van der Waals surface area contributed by atoms with Crippen molar-refractivity contribution in [1.29, 1.82) is 0 Å². The van der Waals surface area contributed by atoms with Gasteiger partial charge in [0.2, 0.25) is 17.6 Å². The van der Waals surface area contributed by atoms with Crippen LogP contribution in [0, 0.1) is 0 Å². The Morgan fingerprint density at radius 3 is 2.23 bits per heavy atom. The van der Waals surface area contributed by atoms with Crippen molar-refractivity contribution in [2.24, 2.45) is 0 Å². The fourth-order valence-electron chi connectivity index (χ4n) is 3.61. The Labute approximate surface area is 179 Å². The predicted octanol–water partition coefficient (Wildman–Crippen LogP) is 3.29. The Morgan fingerprint density at radius 1 is 0.903 bits per heavy atom. The summed E-state index contributed by atoms with van der Waals surface area (Å²) < 4.78 is 26.7. The predicted molar refractivity (Wildman–Crippen MR) is 112 cm³/mol. The van der Waals surface area contributed by atoms with Crippen molar-refractivity contribution in [3.05, 3.63) is 42.3 Å². The zero-order valence-corrected chi connectivity index (χ0v) is 17.7. The van der Waals surface area contributed by atoms with Crippen molar-refractivity contribution < 1.29 is 28.3 Å².